The van der Waals surface area contributed by atoms with Crippen molar-refractivity contribution in [1.29, 1.82) is 0 Å². The van der Waals surface area contributed by atoms with Crippen molar-refractivity contribution < 1.29 is 9.59 Å². The Morgan fingerprint density at radius 1 is 1.12 bits per heavy atom. The molecule has 0 aliphatic heterocycles. The number of amides is 2. The highest BCUT2D eigenvalue weighted by molar-refractivity contribution is 6.36. The van der Waals surface area contributed by atoms with E-state index in [2.05, 4.69) is 5.32 Å². The van der Waals surface area contributed by atoms with Crippen LogP contribution >= 0.6 is 23.2 Å². The van der Waals surface area contributed by atoms with E-state index in [0.717, 1.165) is 5.69 Å². The Morgan fingerprint density at radius 2 is 1.80 bits per heavy atom. The van der Waals surface area contributed by atoms with Crippen LogP contribution < -0.4 is 10.2 Å². The molecule has 1 aliphatic rings. The number of hydrogen-bond donors (Lipinski definition) is 1. The van der Waals surface area contributed by atoms with Gasteiger partial charge in [-0.25, -0.2) is 0 Å². The van der Waals surface area contributed by atoms with Crippen molar-refractivity contribution in [3.05, 3.63) is 58.6 Å². The molecule has 0 spiro atoms. The minimum Gasteiger partial charge on any atom is -0.324 e. The predicted molar refractivity (Wildman–Crippen MR) is 101 cm³/mol. The number of halogens is 2. The first-order chi connectivity index (χ1) is 12.0. The highest BCUT2D eigenvalue weighted by Crippen LogP contribution is 2.49. The van der Waals surface area contributed by atoms with Crippen LogP contribution in [0.5, 0.6) is 0 Å². The molecule has 0 aromatic heterocycles. The van der Waals surface area contributed by atoms with Crippen molar-refractivity contribution in [2.24, 2.45) is 5.41 Å². The zero-order valence-electron chi connectivity index (χ0n) is 13.8. The number of anilines is 2. The fourth-order valence-electron chi connectivity index (χ4n) is 2.81. The Kier molecular flexibility index (Phi) is 5.02. The Labute approximate surface area is 156 Å². The second-order valence-corrected chi connectivity index (χ2v) is 6.89. The van der Waals surface area contributed by atoms with E-state index in [1.807, 2.05) is 37.3 Å². The van der Waals surface area contributed by atoms with Crippen LogP contribution in [0.3, 0.4) is 0 Å². The van der Waals surface area contributed by atoms with Crippen LogP contribution in [-0.4, -0.2) is 18.4 Å². The minimum absolute atomic E-state index is 0.183. The van der Waals surface area contributed by atoms with E-state index < -0.39 is 5.41 Å². The molecular weight excluding hydrogens is 359 g/mol. The molecule has 0 unspecified atom stereocenters. The summed E-state index contributed by atoms with van der Waals surface area (Å²) in [5.74, 6) is -0.520. The number of nitrogens with one attached hydrogen (secondary N) is 1. The monoisotopic (exact) mass is 376 g/mol. The molecule has 1 aliphatic carbocycles. The Bertz CT molecular complexity index is 804. The van der Waals surface area contributed by atoms with E-state index in [1.54, 1.807) is 23.1 Å². The Hall–Kier alpha value is -2.04. The lowest BCUT2D eigenvalue weighted by atomic mass is 10.0. The third-order valence-electron chi connectivity index (χ3n) is 4.40. The van der Waals surface area contributed by atoms with Crippen molar-refractivity contribution in [1.82, 2.24) is 0 Å². The summed E-state index contributed by atoms with van der Waals surface area (Å²) < 4.78 is 0. The average Bonchev–Trinajstić information content (AvgIpc) is 3.41. The first-order valence-corrected chi connectivity index (χ1v) is 8.87. The molecule has 0 radical (unpaired) electrons. The summed E-state index contributed by atoms with van der Waals surface area (Å²) in [4.78, 5) is 27.5. The number of rotatable bonds is 5. The lowest BCUT2D eigenvalue weighted by molar-refractivity contribution is -0.132. The van der Waals surface area contributed by atoms with Crippen LogP contribution in [0.2, 0.25) is 10.0 Å². The van der Waals surface area contributed by atoms with Gasteiger partial charge in [-0.15, -0.1) is 0 Å². The molecule has 0 saturated heterocycles. The average molecular weight is 377 g/mol. The summed E-state index contributed by atoms with van der Waals surface area (Å²) in [6, 6.07) is 14.2. The maximum absolute atomic E-state index is 13.0. The highest BCUT2D eigenvalue weighted by atomic mass is 35.5. The van der Waals surface area contributed by atoms with Crippen LogP contribution in [0.1, 0.15) is 19.8 Å². The van der Waals surface area contributed by atoms with Crippen LogP contribution in [0, 0.1) is 5.41 Å². The van der Waals surface area contributed by atoms with Crippen LogP contribution in [-0.2, 0) is 9.59 Å². The molecular formula is C19H18Cl2N2O2. The number of carbonyl (C=O) groups excluding carboxylic acids is 2. The number of benzene rings is 2. The van der Waals surface area contributed by atoms with Crippen LogP contribution in [0.4, 0.5) is 11.4 Å². The molecule has 3 rings (SSSR count). The topological polar surface area (TPSA) is 49.4 Å². The second-order valence-electron chi connectivity index (χ2n) is 6.05. The predicted octanol–water partition coefficient (Wildman–Crippen LogP) is 4.77. The highest BCUT2D eigenvalue weighted by Gasteiger charge is 2.58. The van der Waals surface area contributed by atoms with E-state index in [-0.39, 0.29) is 11.8 Å². The molecule has 130 valence electrons. The van der Waals surface area contributed by atoms with Gasteiger partial charge in [0, 0.05) is 17.3 Å². The van der Waals surface area contributed by atoms with E-state index >= 15 is 0 Å². The molecule has 2 aromatic rings. The van der Waals surface area contributed by atoms with Crippen LogP contribution in [0.25, 0.3) is 0 Å². The molecule has 6 heteroatoms. The number of carbonyl (C=O) groups is 2. The lowest BCUT2D eigenvalue weighted by Gasteiger charge is -2.26. The zero-order valence-corrected chi connectivity index (χ0v) is 15.3. The molecule has 0 atom stereocenters. The first kappa shape index (κ1) is 17.8. The smallest absolute Gasteiger partial charge is 0.242 e. The quantitative estimate of drug-likeness (QED) is 0.764. The van der Waals surface area contributed by atoms with Crippen molar-refractivity contribution >= 4 is 46.4 Å². The maximum Gasteiger partial charge on any atom is 0.242 e. The van der Waals surface area contributed by atoms with E-state index in [0.29, 0.717) is 35.1 Å². The number of para-hydroxylation sites is 1. The van der Waals surface area contributed by atoms with Gasteiger partial charge in [0.2, 0.25) is 11.8 Å². The van der Waals surface area contributed by atoms with Gasteiger partial charge in [-0.3, -0.25) is 9.59 Å². The molecule has 4 nitrogen and oxygen atoms in total. The minimum atomic E-state index is -1.03. The summed E-state index contributed by atoms with van der Waals surface area (Å²) in [7, 11) is 0. The largest absolute Gasteiger partial charge is 0.324 e. The summed E-state index contributed by atoms with van der Waals surface area (Å²) in [5.41, 5.74) is 0.174. The molecule has 1 saturated carbocycles. The third-order valence-corrected chi connectivity index (χ3v) is 4.96. The number of hydrogen-bond acceptors (Lipinski definition) is 2. The fourth-order valence-corrected chi connectivity index (χ4v) is 3.14. The van der Waals surface area contributed by atoms with Gasteiger partial charge in [0.15, 0.2) is 0 Å². The third kappa shape index (κ3) is 3.51. The van der Waals surface area contributed by atoms with Crippen molar-refractivity contribution in [2.45, 2.75) is 19.8 Å². The normalized spacial score (nSPS) is 14.7. The zero-order chi connectivity index (χ0) is 18.0. The first-order valence-electron chi connectivity index (χ1n) is 8.11. The fraction of sp³-hybridized carbons (Fsp3) is 0.263. The number of nitrogens with zero attached hydrogens (tertiary/aromatic N) is 1. The van der Waals surface area contributed by atoms with Gasteiger partial charge >= 0.3 is 0 Å². The van der Waals surface area contributed by atoms with Crippen molar-refractivity contribution in [2.75, 3.05) is 16.8 Å². The van der Waals surface area contributed by atoms with Gasteiger partial charge in [0.1, 0.15) is 5.41 Å². The van der Waals surface area contributed by atoms with Crippen molar-refractivity contribution in [3.8, 4) is 0 Å². The maximum atomic E-state index is 13.0. The SMILES string of the molecule is CCN(C(=O)C1(C(=O)Nc2cc(Cl)ccc2Cl)CC1)c1ccccc1. The molecule has 0 bridgehead atoms. The van der Waals surface area contributed by atoms with E-state index in [9.17, 15) is 9.59 Å². The van der Waals surface area contributed by atoms with Gasteiger partial charge in [0.25, 0.3) is 0 Å². The molecule has 2 amide bonds. The summed E-state index contributed by atoms with van der Waals surface area (Å²) >= 11 is 12.1. The summed E-state index contributed by atoms with van der Waals surface area (Å²) in [6.45, 7) is 2.39. The molecule has 0 heterocycles. The van der Waals surface area contributed by atoms with Gasteiger partial charge in [-0.2, -0.15) is 0 Å². The molecule has 1 N–H and O–H groups in total. The summed E-state index contributed by atoms with van der Waals surface area (Å²) in [6.07, 6.45) is 1.05. The van der Waals surface area contributed by atoms with Gasteiger partial charge in [-0.1, -0.05) is 41.4 Å². The van der Waals surface area contributed by atoms with Gasteiger partial charge in [0.05, 0.1) is 10.7 Å². The Balaban J connectivity index is 1.82. The lowest BCUT2D eigenvalue weighted by Crippen LogP contribution is -2.43. The standard InChI is InChI=1S/C19H18Cl2N2O2/c1-2-23(14-6-4-3-5-7-14)18(25)19(10-11-19)17(24)22-16-12-13(20)8-9-15(16)21/h3-9,12H,2,10-11H2,1H3,(H,22,24). The van der Waals surface area contributed by atoms with Crippen molar-refractivity contribution in [3.63, 3.8) is 0 Å². The summed E-state index contributed by atoms with van der Waals surface area (Å²) in [5, 5.41) is 3.62. The second kappa shape index (κ2) is 7.06. The molecule has 2 aromatic carbocycles. The molecule has 25 heavy (non-hydrogen) atoms. The van der Waals surface area contributed by atoms with E-state index in [1.165, 1.54) is 0 Å². The molecule has 1 fully saturated rings. The Morgan fingerprint density at radius 3 is 2.40 bits per heavy atom. The van der Waals surface area contributed by atoms with Crippen LogP contribution in [0.15, 0.2) is 48.5 Å². The van der Waals surface area contributed by atoms with Gasteiger partial charge < -0.3 is 10.2 Å². The van der Waals surface area contributed by atoms with E-state index in [4.69, 9.17) is 23.2 Å². The van der Waals surface area contributed by atoms with Gasteiger partial charge in [-0.05, 0) is 50.1 Å².